The Balaban J connectivity index is 1.73. The van der Waals surface area contributed by atoms with E-state index in [2.05, 4.69) is 16.8 Å². The first kappa shape index (κ1) is 15.9. The van der Waals surface area contributed by atoms with Crippen molar-refractivity contribution in [3.05, 3.63) is 52.0 Å². The molecule has 1 N–H and O–H groups in total. The Morgan fingerprint density at radius 2 is 2.29 bits per heavy atom. The quantitative estimate of drug-likeness (QED) is 0.791. The molecular weight excluding hydrogens is 309 g/mol. The van der Waals surface area contributed by atoms with Crippen LogP contribution in [-0.2, 0) is 5.75 Å². The summed E-state index contributed by atoms with van der Waals surface area (Å²) in [7, 11) is 1.39. The number of hydrogen-bond acceptors (Lipinski definition) is 4. The maximum atomic E-state index is 13.5. The Kier molecular flexibility index (Phi) is 6.07. The van der Waals surface area contributed by atoms with E-state index in [1.54, 1.807) is 29.2 Å². The highest BCUT2D eigenvalue weighted by Gasteiger charge is 2.09. The van der Waals surface area contributed by atoms with Gasteiger partial charge in [-0.1, -0.05) is 6.07 Å². The second kappa shape index (κ2) is 8.05. The number of hydrogen-bond donors (Lipinski definition) is 1. The van der Waals surface area contributed by atoms with E-state index in [9.17, 15) is 9.18 Å². The van der Waals surface area contributed by atoms with Gasteiger partial charge in [-0.15, -0.1) is 11.3 Å². The molecule has 2 aromatic rings. The standard InChI is InChI=1S/C15H16FNO2S2/c1-19-14-5-4-11(9-13(14)16)15(18)17-6-8-20-10-12-3-2-7-21-12/h2-5,7,9H,6,8,10H2,1H3,(H,17,18). The van der Waals surface area contributed by atoms with Gasteiger partial charge in [0.2, 0.25) is 0 Å². The number of thiophene rings is 1. The van der Waals surface area contributed by atoms with Crippen LogP contribution >= 0.6 is 23.1 Å². The molecule has 0 unspecified atom stereocenters. The number of rotatable bonds is 7. The van der Waals surface area contributed by atoms with E-state index < -0.39 is 5.82 Å². The molecule has 21 heavy (non-hydrogen) atoms. The third-order valence-corrected chi connectivity index (χ3v) is 4.84. The van der Waals surface area contributed by atoms with Crippen LogP contribution in [0.3, 0.4) is 0 Å². The highest BCUT2D eigenvalue weighted by atomic mass is 32.2. The Hall–Kier alpha value is -1.53. The minimum absolute atomic E-state index is 0.137. The lowest BCUT2D eigenvalue weighted by Crippen LogP contribution is -2.25. The fourth-order valence-corrected chi connectivity index (χ4v) is 3.41. The van der Waals surface area contributed by atoms with Crippen molar-refractivity contribution < 1.29 is 13.9 Å². The van der Waals surface area contributed by atoms with Crippen molar-refractivity contribution in [3.63, 3.8) is 0 Å². The molecule has 0 saturated carbocycles. The molecule has 1 amide bonds. The topological polar surface area (TPSA) is 38.3 Å². The molecule has 1 aromatic carbocycles. The second-order valence-electron chi connectivity index (χ2n) is 4.24. The zero-order valence-electron chi connectivity index (χ0n) is 11.6. The molecule has 0 saturated heterocycles. The van der Waals surface area contributed by atoms with Crippen LogP contribution in [0.2, 0.25) is 0 Å². The molecule has 0 radical (unpaired) electrons. The van der Waals surface area contributed by atoms with E-state index in [-0.39, 0.29) is 11.7 Å². The molecule has 112 valence electrons. The van der Waals surface area contributed by atoms with E-state index in [4.69, 9.17) is 4.74 Å². The number of thioether (sulfide) groups is 1. The van der Waals surface area contributed by atoms with Gasteiger partial charge in [-0.3, -0.25) is 4.79 Å². The van der Waals surface area contributed by atoms with Crippen LogP contribution in [0.25, 0.3) is 0 Å². The predicted molar refractivity (Wildman–Crippen MR) is 85.8 cm³/mol. The third kappa shape index (κ3) is 4.75. The smallest absolute Gasteiger partial charge is 0.251 e. The highest BCUT2D eigenvalue weighted by Crippen LogP contribution is 2.18. The Morgan fingerprint density at radius 3 is 2.95 bits per heavy atom. The normalized spacial score (nSPS) is 10.4. The van der Waals surface area contributed by atoms with Crippen LogP contribution in [0, 0.1) is 5.82 Å². The van der Waals surface area contributed by atoms with Gasteiger partial charge in [0.05, 0.1) is 7.11 Å². The lowest BCUT2D eigenvalue weighted by atomic mass is 10.2. The molecule has 0 aliphatic rings. The molecule has 2 rings (SSSR count). The number of ether oxygens (including phenoxy) is 1. The fourth-order valence-electron chi connectivity index (χ4n) is 1.71. The van der Waals surface area contributed by atoms with Crippen molar-refractivity contribution >= 4 is 29.0 Å². The van der Waals surface area contributed by atoms with Crippen molar-refractivity contribution in [1.29, 1.82) is 0 Å². The summed E-state index contributed by atoms with van der Waals surface area (Å²) in [4.78, 5) is 13.2. The summed E-state index contributed by atoms with van der Waals surface area (Å²) in [5.41, 5.74) is 0.302. The Bertz CT molecular complexity index is 587. The summed E-state index contributed by atoms with van der Waals surface area (Å²) in [5, 5.41) is 4.83. The van der Waals surface area contributed by atoms with Crippen molar-refractivity contribution in [1.82, 2.24) is 5.32 Å². The van der Waals surface area contributed by atoms with Gasteiger partial charge < -0.3 is 10.1 Å². The number of methoxy groups -OCH3 is 1. The molecular formula is C15H16FNO2S2. The van der Waals surface area contributed by atoms with E-state index in [1.165, 1.54) is 24.1 Å². The van der Waals surface area contributed by atoms with Crippen molar-refractivity contribution in [2.45, 2.75) is 5.75 Å². The molecule has 3 nitrogen and oxygen atoms in total. The van der Waals surface area contributed by atoms with Gasteiger partial charge in [-0.25, -0.2) is 4.39 Å². The summed E-state index contributed by atoms with van der Waals surface area (Å²) in [6.07, 6.45) is 0. The fraction of sp³-hybridized carbons (Fsp3) is 0.267. The number of benzene rings is 1. The first-order valence-corrected chi connectivity index (χ1v) is 8.46. The summed E-state index contributed by atoms with van der Waals surface area (Å²) >= 11 is 3.49. The van der Waals surface area contributed by atoms with Crippen LogP contribution < -0.4 is 10.1 Å². The second-order valence-corrected chi connectivity index (χ2v) is 6.37. The van der Waals surface area contributed by atoms with Gasteiger partial charge in [-0.2, -0.15) is 11.8 Å². The zero-order chi connectivity index (χ0) is 15.1. The highest BCUT2D eigenvalue weighted by molar-refractivity contribution is 7.98. The number of amides is 1. The SMILES string of the molecule is COc1ccc(C(=O)NCCSCc2cccs2)cc1F. The third-order valence-electron chi connectivity index (χ3n) is 2.77. The number of halogens is 1. The average Bonchev–Trinajstić information content (AvgIpc) is 3.00. The average molecular weight is 325 g/mol. The molecule has 1 aromatic heterocycles. The van der Waals surface area contributed by atoms with Gasteiger partial charge >= 0.3 is 0 Å². The molecule has 0 aliphatic heterocycles. The molecule has 0 fully saturated rings. The monoisotopic (exact) mass is 325 g/mol. The van der Waals surface area contributed by atoms with E-state index in [0.717, 1.165) is 11.5 Å². The Morgan fingerprint density at radius 1 is 1.43 bits per heavy atom. The molecule has 0 spiro atoms. The van der Waals surface area contributed by atoms with Gasteiger partial charge in [0.15, 0.2) is 11.6 Å². The van der Waals surface area contributed by atoms with Gasteiger partial charge in [0.1, 0.15) is 0 Å². The summed E-state index contributed by atoms with van der Waals surface area (Å²) in [6.45, 7) is 0.558. The largest absolute Gasteiger partial charge is 0.494 e. The molecule has 6 heteroatoms. The summed E-state index contributed by atoms with van der Waals surface area (Å²) in [5.74, 6) is 1.11. The van der Waals surface area contributed by atoms with Gasteiger partial charge in [-0.05, 0) is 29.6 Å². The zero-order valence-corrected chi connectivity index (χ0v) is 13.2. The minimum atomic E-state index is -0.530. The number of nitrogens with one attached hydrogen (secondary N) is 1. The van der Waals surface area contributed by atoms with E-state index >= 15 is 0 Å². The molecule has 1 heterocycles. The number of carbonyl (C=O) groups excluding carboxylic acids is 1. The minimum Gasteiger partial charge on any atom is -0.494 e. The van der Waals surface area contributed by atoms with Crippen LogP contribution in [0.4, 0.5) is 4.39 Å². The predicted octanol–water partition coefficient (Wildman–Crippen LogP) is 3.56. The van der Waals surface area contributed by atoms with Crippen LogP contribution in [-0.4, -0.2) is 25.3 Å². The molecule has 0 aliphatic carbocycles. The maximum Gasteiger partial charge on any atom is 0.251 e. The Labute approximate surface area is 131 Å². The number of carbonyl (C=O) groups is 1. The van der Waals surface area contributed by atoms with E-state index in [1.807, 2.05) is 6.07 Å². The first-order chi connectivity index (χ1) is 10.2. The van der Waals surface area contributed by atoms with Crippen molar-refractivity contribution in [3.8, 4) is 5.75 Å². The van der Waals surface area contributed by atoms with Gasteiger partial charge in [0, 0.05) is 28.5 Å². The maximum absolute atomic E-state index is 13.5. The van der Waals surface area contributed by atoms with Crippen LogP contribution in [0.1, 0.15) is 15.2 Å². The molecule has 0 atom stereocenters. The van der Waals surface area contributed by atoms with E-state index in [0.29, 0.717) is 12.1 Å². The van der Waals surface area contributed by atoms with Crippen molar-refractivity contribution in [2.24, 2.45) is 0 Å². The summed E-state index contributed by atoms with van der Waals surface area (Å²) in [6, 6.07) is 8.32. The summed E-state index contributed by atoms with van der Waals surface area (Å²) < 4.78 is 18.3. The van der Waals surface area contributed by atoms with Crippen LogP contribution in [0.5, 0.6) is 5.75 Å². The molecule has 0 bridgehead atoms. The van der Waals surface area contributed by atoms with Crippen molar-refractivity contribution in [2.75, 3.05) is 19.4 Å². The lowest BCUT2D eigenvalue weighted by molar-refractivity contribution is 0.0955. The van der Waals surface area contributed by atoms with Gasteiger partial charge in [0.25, 0.3) is 5.91 Å². The van der Waals surface area contributed by atoms with Crippen LogP contribution in [0.15, 0.2) is 35.7 Å². The lowest BCUT2D eigenvalue weighted by Gasteiger charge is -2.07. The first-order valence-electron chi connectivity index (χ1n) is 6.42.